The normalized spacial score (nSPS) is 12.3. The summed E-state index contributed by atoms with van der Waals surface area (Å²) in [6, 6.07) is 0. The third kappa shape index (κ3) is 4.31. The Morgan fingerprint density at radius 1 is 1.30 bits per heavy atom. The molecule has 0 saturated heterocycles. The molecular formula is C13H23NO5S. The number of aliphatic hydroxyl groups excluding tert-OH is 1. The van der Waals surface area contributed by atoms with E-state index in [0.717, 1.165) is 0 Å². The number of furan rings is 1. The molecule has 0 saturated carbocycles. The molecule has 20 heavy (non-hydrogen) atoms. The van der Waals surface area contributed by atoms with Crippen molar-refractivity contribution in [2.24, 2.45) is 5.92 Å². The lowest BCUT2D eigenvalue weighted by Crippen LogP contribution is -2.28. The predicted octanol–water partition coefficient (Wildman–Crippen LogP) is 1.34. The van der Waals surface area contributed by atoms with Gasteiger partial charge in [-0.1, -0.05) is 13.8 Å². The maximum atomic E-state index is 12.2. The van der Waals surface area contributed by atoms with Crippen LogP contribution in [0.5, 0.6) is 0 Å². The van der Waals surface area contributed by atoms with Crippen LogP contribution in [0.3, 0.4) is 0 Å². The summed E-state index contributed by atoms with van der Waals surface area (Å²) in [5.41, 5.74) is 0.304. The summed E-state index contributed by atoms with van der Waals surface area (Å²) in [5.74, 6) is 1.11. The van der Waals surface area contributed by atoms with Crippen molar-refractivity contribution in [1.29, 1.82) is 0 Å². The Balaban J connectivity index is 2.70. The summed E-state index contributed by atoms with van der Waals surface area (Å²) >= 11 is 0. The zero-order valence-electron chi connectivity index (χ0n) is 12.4. The van der Waals surface area contributed by atoms with Crippen LogP contribution < -0.4 is 4.72 Å². The number of ether oxygens (including phenoxy) is 1. The van der Waals surface area contributed by atoms with E-state index in [4.69, 9.17) is 9.15 Å². The molecule has 0 aliphatic rings. The van der Waals surface area contributed by atoms with Gasteiger partial charge in [0.25, 0.3) is 0 Å². The first-order valence-corrected chi connectivity index (χ1v) is 8.05. The van der Waals surface area contributed by atoms with Gasteiger partial charge in [-0.25, -0.2) is 13.1 Å². The Kier molecular flexibility index (Phi) is 6.19. The largest absolute Gasteiger partial charge is 0.465 e. The summed E-state index contributed by atoms with van der Waals surface area (Å²) in [6.45, 7) is 7.95. The highest BCUT2D eigenvalue weighted by molar-refractivity contribution is 7.89. The van der Waals surface area contributed by atoms with Gasteiger partial charge in [-0.05, 0) is 19.8 Å². The third-order valence-corrected chi connectivity index (χ3v) is 4.40. The minimum atomic E-state index is -3.70. The highest BCUT2D eigenvalue weighted by Gasteiger charge is 2.25. The van der Waals surface area contributed by atoms with E-state index in [1.807, 2.05) is 13.8 Å². The van der Waals surface area contributed by atoms with Crippen molar-refractivity contribution >= 4 is 10.0 Å². The first-order chi connectivity index (χ1) is 9.29. The molecule has 0 aliphatic carbocycles. The quantitative estimate of drug-likeness (QED) is 0.708. The number of nitrogens with one attached hydrogen (secondary N) is 1. The lowest BCUT2D eigenvalue weighted by Gasteiger charge is -2.09. The average molecular weight is 305 g/mol. The number of aryl methyl sites for hydroxylation is 2. The maximum Gasteiger partial charge on any atom is 0.244 e. The van der Waals surface area contributed by atoms with Crippen LogP contribution in [0.25, 0.3) is 0 Å². The molecule has 0 unspecified atom stereocenters. The summed E-state index contributed by atoms with van der Waals surface area (Å²) in [5, 5.41) is 9.27. The minimum absolute atomic E-state index is 0.0290. The maximum absolute atomic E-state index is 12.2. The van der Waals surface area contributed by atoms with Crippen LogP contribution in [0.15, 0.2) is 9.31 Å². The van der Waals surface area contributed by atoms with Crippen LogP contribution in [-0.4, -0.2) is 33.3 Å². The van der Waals surface area contributed by atoms with E-state index in [0.29, 0.717) is 30.5 Å². The smallest absolute Gasteiger partial charge is 0.244 e. The van der Waals surface area contributed by atoms with Gasteiger partial charge >= 0.3 is 0 Å². The van der Waals surface area contributed by atoms with E-state index >= 15 is 0 Å². The Labute approximate surface area is 120 Å². The summed E-state index contributed by atoms with van der Waals surface area (Å²) in [6.07, 6.45) is 0. The molecule has 1 aromatic rings. The second-order valence-electron chi connectivity index (χ2n) is 5.05. The topological polar surface area (TPSA) is 88.8 Å². The van der Waals surface area contributed by atoms with Crippen LogP contribution in [0.1, 0.15) is 30.9 Å². The molecular weight excluding hydrogens is 282 g/mol. The summed E-state index contributed by atoms with van der Waals surface area (Å²) in [7, 11) is -3.70. The van der Waals surface area contributed by atoms with Gasteiger partial charge in [0.05, 0.1) is 13.2 Å². The fourth-order valence-electron chi connectivity index (χ4n) is 1.88. The molecule has 1 heterocycles. The molecule has 2 N–H and O–H groups in total. The van der Waals surface area contributed by atoms with Crippen LogP contribution in [0, 0.1) is 19.8 Å². The number of hydrogen-bond acceptors (Lipinski definition) is 5. The minimum Gasteiger partial charge on any atom is -0.465 e. The second-order valence-corrected chi connectivity index (χ2v) is 6.75. The summed E-state index contributed by atoms with van der Waals surface area (Å²) < 4.78 is 37.5. The van der Waals surface area contributed by atoms with Crippen molar-refractivity contribution in [3.05, 3.63) is 17.1 Å². The number of aliphatic hydroxyl groups is 1. The zero-order valence-corrected chi connectivity index (χ0v) is 13.2. The molecule has 0 amide bonds. The van der Waals surface area contributed by atoms with Crippen LogP contribution in [0.2, 0.25) is 0 Å². The third-order valence-electron chi connectivity index (χ3n) is 2.74. The molecule has 0 radical (unpaired) electrons. The number of hydrogen-bond donors (Lipinski definition) is 2. The molecule has 0 aliphatic heterocycles. The Morgan fingerprint density at radius 3 is 2.50 bits per heavy atom. The van der Waals surface area contributed by atoms with Crippen molar-refractivity contribution in [1.82, 2.24) is 4.72 Å². The number of rotatable bonds is 8. The highest BCUT2D eigenvalue weighted by Crippen LogP contribution is 2.26. The van der Waals surface area contributed by atoms with Crippen molar-refractivity contribution < 1.29 is 22.7 Å². The molecule has 0 aromatic carbocycles. The molecule has 6 nitrogen and oxygen atoms in total. The molecule has 1 aromatic heterocycles. The van der Waals surface area contributed by atoms with Gasteiger partial charge < -0.3 is 14.3 Å². The van der Waals surface area contributed by atoms with Crippen LogP contribution >= 0.6 is 0 Å². The first kappa shape index (κ1) is 17.2. The second kappa shape index (κ2) is 7.21. The van der Waals surface area contributed by atoms with Crippen LogP contribution in [0.4, 0.5) is 0 Å². The fraction of sp³-hybridized carbons (Fsp3) is 0.692. The lowest BCUT2D eigenvalue weighted by atomic mass is 10.2. The van der Waals surface area contributed by atoms with E-state index < -0.39 is 10.0 Å². The van der Waals surface area contributed by atoms with Gasteiger partial charge in [0.1, 0.15) is 16.4 Å². The van der Waals surface area contributed by atoms with E-state index in [-0.39, 0.29) is 23.8 Å². The highest BCUT2D eigenvalue weighted by atomic mass is 32.2. The molecule has 0 bridgehead atoms. The fourth-order valence-corrected chi connectivity index (χ4v) is 3.33. The van der Waals surface area contributed by atoms with Gasteiger partial charge in [0.15, 0.2) is 0 Å². The monoisotopic (exact) mass is 305 g/mol. The SMILES string of the molecule is Cc1oc(C)c(S(=O)(=O)NCCOCC(C)C)c1CO. The number of sulfonamides is 1. The van der Waals surface area contributed by atoms with E-state index in [1.54, 1.807) is 13.8 Å². The van der Waals surface area contributed by atoms with Gasteiger partial charge in [0.2, 0.25) is 10.0 Å². The average Bonchev–Trinajstić information content (AvgIpc) is 2.63. The lowest BCUT2D eigenvalue weighted by molar-refractivity contribution is 0.114. The Hall–Kier alpha value is -0.890. The van der Waals surface area contributed by atoms with Gasteiger partial charge in [-0.2, -0.15) is 0 Å². The first-order valence-electron chi connectivity index (χ1n) is 6.56. The van der Waals surface area contributed by atoms with Gasteiger partial charge in [0, 0.05) is 18.7 Å². The van der Waals surface area contributed by atoms with E-state index in [1.165, 1.54) is 0 Å². The van der Waals surface area contributed by atoms with E-state index in [9.17, 15) is 13.5 Å². The standard InChI is InChI=1S/C13H23NO5S/c1-9(2)8-18-6-5-14-20(16,17)13-11(4)19-10(3)12(13)7-15/h9,14-15H,5-8H2,1-4H3. The Bertz CT molecular complexity index is 533. The zero-order chi connectivity index (χ0) is 15.3. The molecule has 7 heteroatoms. The van der Waals surface area contributed by atoms with Crippen molar-refractivity contribution in [2.45, 2.75) is 39.2 Å². The molecule has 1 rings (SSSR count). The van der Waals surface area contributed by atoms with Crippen molar-refractivity contribution in [2.75, 3.05) is 19.8 Å². The van der Waals surface area contributed by atoms with Gasteiger partial charge in [-0.3, -0.25) is 0 Å². The molecule has 0 atom stereocenters. The van der Waals surface area contributed by atoms with Crippen molar-refractivity contribution in [3.63, 3.8) is 0 Å². The Morgan fingerprint density at radius 2 is 1.95 bits per heavy atom. The van der Waals surface area contributed by atoms with Crippen LogP contribution in [-0.2, 0) is 21.4 Å². The van der Waals surface area contributed by atoms with E-state index in [2.05, 4.69) is 4.72 Å². The molecule has 0 spiro atoms. The molecule has 0 fully saturated rings. The van der Waals surface area contributed by atoms with Crippen molar-refractivity contribution in [3.8, 4) is 0 Å². The molecule has 116 valence electrons. The summed E-state index contributed by atoms with van der Waals surface area (Å²) in [4.78, 5) is 0.0290. The van der Waals surface area contributed by atoms with Gasteiger partial charge in [-0.15, -0.1) is 0 Å². The predicted molar refractivity (Wildman–Crippen MR) is 75.0 cm³/mol.